The van der Waals surface area contributed by atoms with E-state index in [1.807, 2.05) is 69.3 Å². The Labute approximate surface area is 174 Å². The summed E-state index contributed by atoms with van der Waals surface area (Å²) in [6.45, 7) is 6.31. The van der Waals surface area contributed by atoms with E-state index in [0.717, 1.165) is 22.6 Å². The Morgan fingerprint density at radius 2 is 1.90 bits per heavy atom. The lowest BCUT2D eigenvalue weighted by atomic mass is 10.1. The number of nitrogens with one attached hydrogen (secondary N) is 1. The number of fused-ring (bicyclic) bond motifs is 1. The fourth-order valence-corrected chi connectivity index (χ4v) is 3.26. The van der Waals surface area contributed by atoms with Crippen LogP contribution >= 0.6 is 0 Å². The van der Waals surface area contributed by atoms with Gasteiger partial charge >= 0.3 is 0 Å². The van der Waals surface area contributed by atoms with Gasteiger partial charge in [0.1, 0.15) is 11.3 Å². The number of carbonyl (C=O) groups is 1. The van der Waals surface area contributed by atoms with Gasteiger partial charge in [-0.05, 0) is 68.3 Å². The molecule has 1 amide bonds. The average Bonchev–Trinajstić information content (AvgIpc) is 3.17. The van der Waals surface area contributed by atoms with Crippen molar-refractivity contribution in [1.29, 1.82) is 0 Å². The van der Waals surface area contributed by atoms with Crippen LogP contribution in [0.15, 0.2) is 60.8 Å². The maximum absolute atomic E-state index is 12.8. The molecule has 0 fully saturated rings. The van der Waals surface area contributed by atoms with Crippen LogP contribution in [0, 0.1) is 6.92 Å². The van der Waals surface area contributed by atoms with E-state index in [1.165, 1.54) is 0 Å². The summed E-state index contributed by atoms with van der Waals surface area (Å²) >= 11 is 0. The summed E-state index contributed by atoms with van der Waals surface area (Å²) in [7, 11) is 0. The first-order valence-electron chi connectivity index (χ1n) is 9.83. The number of rotatable bonds is 6. The normalized spacial score (nSPS) is 11.1. The molecule has 7 heteroatoms. The van der Waals surface area contributed by atoms with Crippen molar-refractivity contribution in [2.75, 3.05) is 0 Å². The van der Waals surface area contributed by atoms with Crippen LogP contribution in [0.4, 0.5) is 0 Å². The van der Waals surface area contributed by atoms with Gasteiger partial charge in [-0.3, -0.25) is 4.79 Å². The number of hydrogen-bond acceptors (Lipinski definition) is 5. The van der Waals surface area contributed by atoms with E-state index in [-0.39, 0.29) is 12.0 Å². The van der Waals surface area contributed by atoms with Crippen LogP contribution in [0.3, 0.4) is 0 Å². The highest BCUT2D eigenvalue weighted by Crippen LogP contribution is 2.21. The molecule has 4 rings (SSSR count). The topological polar surface area (TPSA) is 81.9 Å². The molecule has 0 radical (unpaired) electrons. The van der Waals surface area contributed by atoms with Crippen molar-refractivity contribution >= 4 is 17.1 Å². The van der Waals surface area contributed by atoms with E-state index in [4.69, 9.17) is 4.74 Å². The van der Waals surface area contributed by atoms with E-state index in [0.29, 0.717) is 23.3 Å². The van der Waals surface area contributed by atoms with Crippen LogP contribution in [0.5, 0.6) is 5.75 Å². The molecule has 0 saturated heterocycles. The van der Waals surface area contributed by atoms with E-state index in [2.05, 4.69) is 20.6 Å². The first-order chi connectivity index (χ1) is 14.5. The quantitative estimate of drug-likeness (QED) is 0.531. The molecular formula is C23H23N5O2. The average molecular weight is 401 g/mol. The third kappa shape index (κ3) is 4.00. The maximum Gasteiger partial charge on any atom is 0.251 e. The van der Waals surface area contributed by atoms with E-state index in [1.54, 1.807) is 16.9 Å². The Balaban J connectivity index is 1.52. The summed E-state index contributed by atoms with van der Waals surface area (Å²) in [5.74, 6) is 0.673. The van der Waals surface area contributed by atoms with Crippen LogP contribution in [0.25, 0.3) is 16.9 Å². The molecule has 0 aliphatic carbocycles. The van der Waals surface area contributed by atoms with Gasteiger partial charge in [0.15, 0.2) is 5.65 Å². The molecule has 0 bridgehead atoms. The molecule has 2 aromatic carbocycles. The SMILES string of the molecule is Cc1c(C(=O)NCc2ccc(OC(C)C)cc2)cccc1-n1nnc2cccnc21. The number of nitrogens with zero attached hydrogens (tertiary/aromatic N) is 4. The lowest BCUT2D eigenvalue weighted by Gasteiger charge is -2.12. The number of aromatic nitrogens is 4. The Morgan fingerprint density at radius 1 is 1.10 bits per heavy atom. The molecule has 0 spiro atoms. The zero-order valence-electron chi connectivity index (χ0n) is 17.2. The monoisotopic (exact) mass is 401 g/mol. The van der Waals surface area contributed by atoms with Crippen LogP contribution < -0.4 is 10.1 Å². The number of amides is 1. The van der Waals surface area contributed by atoms with Crippen molar-refractivity contribution in [3.8, 4) is 11.4 Å². The number of hydrogen-bond donors (Lipinski definition) is 1. The van der Waals surface area contributed by atoms with Gasteiger partial charge in [-0.15, -0.1) is 5.10 Å². The van der Waals surface area contributed by atoms with Crippen molar-refractivity contribution in [1.82, 2.24) is 25.3 Å². The zero-order chi connectivity index (χ0) is 21.1. The third-order valence-corrected chi connectivity index (χ3v) is 4.73. The zero-order valence-corrected chi connectivity index (χ0v) is 17.2. The van der Waals surface area contributed by atoms with Gasteiger partial charge in [-0.2, -0.15) is 4.68 Å². The van der Waals surface area contributed by atoms with E-state index >= 15 is 0 Å². The van der Waals surface area contributed by atoms with Crippen molar-refractivity contribution in [3.05, 3.63) is 77.5 Å². The fraction of sp³-hybridized carbons (Fsp3) is 0.217. The Hall–Kier alpha value is -3.74. The summed E-state index contributed by atoms with van der Waals surface area (Å²) in [5, 5.41) is 11.3. The number of pyridine rings is 1. The smallest absolute Gasteiger partial charge is 0.251 e. The van der Waals surface area contributed by atoms with Crippen molar-refractivity contribution in [3.63, 3.8) is 0 Å². The lowest BCUT2D eigenvalue weighted by Crippen LogP contribution is -2.24. The summed E-state index contributed by atoms with van der Waals surface area (Å²) < 4.78 is 7.31. The molecule has 7 nitrogen and oxygen atoms in total. The van der Waals surface area contributed by atoms with E-state index in [9.17, 15) is 4.79 Å². The molecule has 1 N–H and O–H groups in total. The molecule has 0 saturated carbocycles. The van der Waals surface area contributed by atoms with Gasteiger partial charge in [0.05, 0.1) is 11.8 Å². The second-order valence-corrected chi connectivity index (χ2v) is 7.29. The molecule has 30 heavy (non-hydrogen) atoms. The molecule has 0 aliphatic heterocycles. The minimum Gasteiger partial charge on any atom is -0.491 e. The molecule has 2 aromatic heterocycles. The summed E-state index contributed by atoms with van der Waals surface area (Å²) in [6, 6.07) is 17.0. The van der Waals surface area contributed by atoms with Crippen LogP contribution in [-0.2, 0) is 6.54 Å². The van der Waals surface area contributed by atoms with Crippen molar-refractivity contribution in [2.45, 2.75) is 33.4 Å². The molecular weight excluding hydrogens is 378 g/mol. The minimum absolute atomic E-state index is 0.128. The van der Waals surface area contributed by atoms with Gasteiger partial charge in [-0.25, -0.2) is 4.98 Å². The van der Waals surface area contributed by atoms with Gasteiger partial charge in [0.25, 0.3) is 5.91 Å². The Kier molecular flexibility index (Phi) is 5.43. The third-order valence-electron chi connectivity index (χ3n) is 4.73. The van der Waals surface area contributed by atoms with Crippen molar-refractivity contribution in [2.24, 2.45) is 0 Å². The van der Waals surface area contributed by atoms with Crippen LogP contribution in [0.1, 0.15) is 35.3 Å². The summed E-state index contributed by atoms with van der Waals surface area (Å²) in [4.78, 5) is 17.2. The Morgan fingerprint density at radius 3 is 2.67 bits per heavy atom. The largest absolute Gasteiger partial charge is 0.491 e. The van der Waals surface area contributed by atoms with E-state index < -0.39 is 0 Å². The number of carbonyl (C=O) groups excluding carboxylic acids is 1. The van der Waals surface area contributed by atoms with Gasteiger partial charge in [0.2, 0.25) is 0 Å². The second-order valence-electron chi connectivity index (χ2n) is 7.29. The van der Waals surface area contributed by atoms with Crippen molar-refractivity contribution < 1.29 is 9.53 Å². The molecule has 0 unspecified atom stereocenters. The maximum atomic E-state index is 12.8. The van der Waals surface area contributed by atoms with Gasteiger partial charge < -0.3 is 10.1 Å². The fourth-order valence-electron chi connectivity index (χ4n) is 3.26. The molecule has 0 aliphatic rings. The second kappa shape index (κ2) is 8.32. The number of benzene rings is 2. The predicted octanol–water partition coefficient (Wildman–Crippen LogP) is 3.84. The van der Waals surface area contributed by atoms with Crippen LogP contribution in [-0.4, -0.2) is 32.0 Å². The minimum atomic E-state index is -0.144. The first kappa shape index (κ1) is 19.6. The first-order valence-corrected chi connectivity index (χ1v) is 9.83. The van der Waals surface area contributed by atoms with Crippen LogP contribution in [0.2, 0.25) is 0 Å². The highest BCUT2D eigenvalue weighted by molar-refractivity contribution is 5.96. The lowest BCUT2D eigenvalue weighted by molar-refractivity contribution is 0.0950. The Bertz CT molecular complexity index is 1180. The highest BCUT2D eigenvalue weighted by Gasteiger charge is 2.15. The van der Waals surface area contributed by atoms with Gasteiger partial charge in [-0.1, -0.05) is 23.4 Å². The van der Waals surface area contributed by atoms with Gasteiger partial charge in [0, 0.05) is 18.3 Å². The standard InChI is InChI=1S/C23H23N5O2/c1-15(2)30-18-11-9-17(10-12-18)14-25-23(29)19-6-4-8-21(16(19)3)28-22-20(26-27-28)7-5-13-24-22/h4-13,15H,14H2,1-3H3,(H,25,29). The predicted molar refractivity (Wildman–Crippen MR) is 115 cm³/mol. The molecule has 152 valence electrons. The molecule has 4 aromatic rings. The highest BCUT2D eigenvalue weighted by atomic mass is 16.5. The number of ether oxygens (including phenoxy) is 1. The molecule has 0 atom stereocenters. The summed E-state index contributed by atoms with van der Waals surface area (Å²) in [6.07, 6.45) is 1.83. The summed E-state index contributed by atoms with van der Waals surface area (Å²) in [5.41, 5.74) is 4.54. The molecule has 2 heterocycles.